The van der Waals surface area contributed by atoms with Crippen LogP contribution in [-0.2, 0) is 4.79 Å². The first-order valence-electron chi connectivity index (χ1n) is 7.66. The van der Waals surface area contributed by atoms with Gasteiger partial charge in [0, 0.05) is 17.0 Å². The van der Waals surface area contributed by atoms with Crippen LogP contribution >= 0.6 is 11.3 Å². The number of thiazole rings is 1. The van der Waals surface area contributed by atoms with Gasteiger partial charge in [0.2, 0.25) is 5.91 Å². The zero-order chi connectivity index (χ0) is 17.1. The Labute approximate surface area is 147 Å². The van der Waals surface area contributed by atoms with Crippen molar-refractivity contribution in [2.24, 2.45) is 0 Å². The average molecular weight is 354 g/mol. The third-order valence-corrected chi connectivity index (χ3v) is 4.27. The van der Waals surface area contributed by atoms with Gasteiger partial charge in [-0.3, -0.25) is 10.1 Å². The van der Waals surface area contributed by atoms with Gasteiger partial charge in [-0.1, -0.05) is 0 Å². The molecule has 0 saturated heterocycles. The van der Waals surface area contributed by atoms with Crippen molar-refractivity contribution in [3.8, 4) is 22.8 Å². The lowest BCUT2D eigenvalue weighted by Gasteiger charge is -2.18. The predicted octanol–water partition coefficient (Wildman–Crippen LogP) is 3.83. The van der Waals surface area contributed by atoms with E-state index in [4.69, 9.17) is 13.9 Å². The molecule has 0 spiro atoms. The highest BCUT2D eigenvalue weighted by molar-refractivity contribution is 7.14. The van der Waals surface area contributed by atoms with Crippen molar-refractivity contribution in [1.29, 1.82) is 0 Å². The molecule has 3 heterocycles. The third kappa shape index (κ3) is 3.56. The van der Waals surface area contributed by atoms with Crippen LogP contribution in [0.2, 0.25) is 0 Å². The number of hydrogen-bond donors (Lipinski definition) is 1. The monoisotopic (exact) mass is 354 g/mol. The smallest absolute Gasteiger partial charge is 0.250 e. The summed E-state index contributed by atoms with van der Waals surface area (Å²) in [5, 5.41) is 5.15. The van der Waals surface area contributed by atoms with Gasteiger partial charge in [0.05, 0.1) is 12.0 Å². The molecular formula is C18H14N2O4S. The van der Waals surface area contributed by atoms with Crippen molar-refractivity contribution in [3.63, 3.8) is 0 Å². The fourth-order valence-corrected chi connectivity index (χ4v) is 3.08. The first-order valence-corrected chi connectivity index (χ1v) is 8.54. The number of aromatic nitrogens is 1. The Kier molecular flexibility index (Phi) is 4.22. The number of nitrogens with one attached hydrogen (secondary N) is 1. The lowest BCUT2D eigenvalue weighted by molar-refractivity contribution is -0.111. The minimum atomic E-state index is -0.264. The molecule has 0 saturated carbocycles. The van der Waals surface area contributed by atoms with Crippen LogP contribution in [0.1, 0.15) is 5.76 Å². The Morgan fingerprint density at radius 1 is 1.20 bits per heavy atom. The summed E-state index contributed by atoms with van der Waals surface area (Å²) in [6.07, 6.45) is 4.56. The van der Waals surface area contributed by atoms with E-state index < -0.39 is 0 Å². The molecule has 0 fully saturated rings. The predicted molar refractivity (Wildman–Crippen MR) is 94.9 cm³/mol. The minimum Gasteiger partial charge on any atom is -0.486 e. The number of nitrogens with zero attached hydrogens (tertiary/aromatic N) is 1. The number of ether oxygens (including phenoxy) is 2. The normalized spacial score (nSPS) is 13.1. The van der Waals surface area contributed by atoms with Crippen molar-refractivity contribution < 1.29 is 18.7 Å². The largest absolute Gasteiger partial charge is 0.486 e. The van der Waals surface area contributed by atoms with E-state index in [-0.39, 0.29) is 5.91 Å². The molecule has 0 unspecified atom stereocenters. The van der Waals surface area contributed by atoms with E-state index in [1.807, 2.05) is 23.6 Å². The zero-order valence-corrected chi connectivity index (χ0v) is 13.9. The first kappa shape index (κ1) is 15.5. The number of amides is 1. The topological polar surface area (TPSA) is 73.6 Å². The molecular weight excluding hydrogens is 340 g/mol. The zero-order valence-electron chi connectivity index (χ0n) is 13.1. The van der Waals surface area contributed by atoms with Gasteiger partial charge in [0.15, 0.2) is 16.6 Å². The van der Waals surface area contributed by atoms with E-state index in [2.05, 4.69) is 10.3 Å². The number of benzene rings is 1. The summed E-state index contributed by atoms with van der Waals surface area (Å²) in [4.78, 5) is 16.4. The highest BCUT2D eigenvalue weighted by Crippen LogP contribution is 2.35. The second-order valence-electron chi connectivity index (χ2n) is 5.23. The van der Waals surface area contributed by atoms with Crippen molar-refractivity contribution in [3.05, 3.63) is 53.8 Å². The Hall–Kier alpha value is -3.06. The number of carbonyl (C=O) groups is 1. The number of hydrogen-bond acceptors (Lipinski definition) is 6. The van der Waals surface area contributed by atoms with Crippen molar-refractivity contribution in [2.45, 2.75) is 0 Å². The van der Waals surface area contributed by atoms with Crippen LogP contribution in [0.15, 0.2) is 52.5 Å². The van der Waals surface area contributed by atoms with Crippen molar-refractivity contribution in [1.82, 2.24) is 4.98 Å². The van der Waals surface area contributed by atoms with Gasteiger partial charge in [-0.2, -0.15) is 0 Å². The van der Waals surface area contributed by atoms with E-state index in [9.17, 15) is 4.79 Å². The molecule has 4 rings (SSSR count). The van der Waals surface area contributed by atoms with Crippen molar-refractivity contribution >= 4 is 28.5 Å². The molecule has 0 atom stereocenters. The molecule has 1 N–H and O–H groups in total. The molecule has 1 amide bonds. The molecule has 0 aliphatic carbocycles. The van der Waals surface area contributed by atoms with Crippen LogP contribution in [0.3, 0.4) is 0 Å². The molecule has 25 heavy (non-hydrogen) atoms. The van der Waals surface area contributed by atoms with Gasteiger partial charge in [-0.25, -0.2) is 4.98 Å². The standard InChI is InChI=1S/C18H14N2O4S/c21-17(6-4-13-2-1-7-22-13)20-18-19-14(11-25-18)12-3-5-15-16(10-12)24-9-8-23-15/h1-7,10-11H,8-9H2,(H,19,20,21). The number of furan rings is 1. The summed E-state index contributed by atoms with van der Waals surface area (Å²) in [5.74, 6) is 1.80. The molecule has 6 nitrogen and oxygen atoms in total. The number of carbonyl (C=O) groups excluding carboxylic acids is 1. The quantitative estimate of drug-likeness (QED) is 0.721. The van der Waals surface area contributed by atoms with E-state index >= 15 is 0 Å². The maximum absolute atomic E-state index is 11.9. The Morgan fingerprint density at radius 3 is 2.92 bits per heavy atom. The van der Waals surface area contributed by atoms with Gasteiger partial charge in [0.1, 0.15) is 19.0 Å². The lowest BCUT2D eigenvalue weighted by Crippen LogP contribution is -2.15. The van der Waals surface area contributed by atoms with Crippen LogP contribution < -0.4 is 14.8 Å². The van der Waals surface area contributed by atoms with Gasteiger partial charge in [-0.05, 0) is 36.4 Å². The van der Waals surface area contributed by atoms with Crippen LogP contribution in [0.5, 0.6) is 11.5 Å². The Bertz CT molecular complexity index is 915. The Morgan fingerprint density at radius 2 is 2.08 bits per heavy atom. The molecule has 1 aromatic carbocycles. The van der Waals surface area contributed by atoms with Gasteiger partial charge in [0.25, 0.3) is 0 Å². The summed E-state index contributed by atoms with van der Waals surface area (Å²) in [6.45, 7) is 1.10. The van der Waals surface area contributed by atoms with Crippen LogP contribution in [0, 0.1) is 0 Å². The average Bonchev–Trinajstić information content (AvgIpc) is 3.31. The molecule has 7 heteroatoms. The molecule has 126 valence electrons. The number of fused-ring (bicyclic) bond motifs is 1. The molecule has 3 aromatic rings. The lowest BCUT2D eigenvalue weighted by atomic mass is 10.1. The highest BCUT2D eigenvalue weighted by Gasteiger charge is 2.14. The minimum absolute atomic E-state index is 0.264. The van der Waals surface area contributed by atoms with Gasteiger partial charge in [-0.15, -0.1) is 11.3 Å². The second kappa shape index (κ2) is 6.82. The van der Waals surface area contributed by atoms with E-state index in [1.165, 1.54) is 17.4 Å². The summed E-state index contributed by atoms with van der Waals surface area (Å²) >= 11 is 1.36. The molecule has 1 aliphatic heterocycles. The van der Waals surface area contributed by atoms with E-state index in [1.54, 1.807) is 24.5 Å². The first-order chi connectivity index (χ1) is 12.3. The van der Waals surface area contributed by atoms with Crippen LogP contribution in [0.25, 0.3) is 17.3 Å². The van der Waals surface area contributed by atoms with Gasteiger partial charge >= 0.3 is 0 Å². The SMILES string of the molecule is O=C(C=Cc1ccco1)Nc1nc(-c2ccc3c(c2)OCCO3)cs1. The summed E-state index contributed by atoms with van der Waals surface area (Å²) in [7, 11) is 0. The van der Waals surface area contributed by atoms with Crippen LogP contribution in [0.4, 0.5) is 5.13 Å². The fraction of sp³-hybridized carbons (Fsp3) is 0.111. The summed E-state index contributed by atoms with van der Waals surface area (Å²) < 4.78 is 16.2. The Balaban J connectivity index is 1.46. The molecule has 0 bridgehead atoms. The molecule has 1 aliphatic rings. The summed E-state index contributed by atoms with van der Waals surface area (Å²) in [6, 6.07) is 9.22. The highest BCUT2D eigenvalue weighted by atomic mass is 32.1. The number of anilines is 1. The van der Waals surface area contributed by atoms with E-state index in [0.717, 1.165) is 17.0 Å². The number of rotatable bonds is 4. The van der Waals surface area contributed by atoms with E-state index in [0.29, 0.717) is 29.9 Å². The maximum Gasteiger partial charge on any atom is 0.250 e. The van der Waals surface area contributed by atoms with Crippen LogP contribution in [-0.4, -0.2) is 24.1 Å². The van der Waals surface area contributed by atoms with Crippen molar-refractivity contribution in [2.75, 3.05) is 18.5 Å². The maximum atomic E-state index is 11.9. The molecule has 2 aromatic heterocycles. The summed E-state index contributed by atoms with van der Waals surface area (Å²) in [5.41, 5.74) is 1.68. The second-order valence-corrected chi connectivity index (χ2v) is 6.09. The van der Waals surface area contributed by atoms with Gasteiger partial charge < -0.3 is 13.9 Å². The fourth-order valence-electron chi connectivity index (χ4n) is 2.36. The molecule has 0 radical (unpaired) electrons. The third-order valence-electron chi connectivity index (χ3n) is 3.51.